The van der Waals surface area contributed by atoms with Crippen molar-refractivity contribution in [1.82, 2.24) is 14.3 Å². The summed E-state index contributed by atoms with van der Waals surface area (Å²) in [6.07, 6.45) is 3.91. The molecule has 0 unspecified atom stereocenters. The molecule has 37 heavy (non-hydrogen) atoms. The molecule has 192 valence electrons. The van der Waals surface area contributed by atoms with E-state index in [0.29, 0.717) is 11.2 Å². The summed E-state index contributed by atoms with van der Waals surface area (Å²) in [6, 6.07) is 12.0. The Bertz CT molecular complexity index is 1550. The molecule has 0 radical (unpaired) electrons. The molecule has 5 rings (SSSR count). The molecule has 3 heterocycles. The van der Waals surface area contributed by atoms with Gasteiger partial charge in [-0.15, -0.1) is 0 Å². The Morgan fingerprint density at radius 3 is 2.62 bits per heavy atom. The maximum atomic E-state index is 14.2. The van der Waals surface area contributed by atoms with Crippen molar-refractivity contribution in [2.45, 2.75) is 31.2 Å². The van der Waals surface area contributed by atoms with E-state index in [9.17, 15) is 22.0 Å². The number of pyridine rings is 1. The zero-order valence-electron chi connectivity index (χ0n) is 20.0. The smallest absolute Gasteiger partial charge is 0.245 e. The lowest BCUT2D eigenvalue weighted by Crippen LogP contribution is -2.44. The van der Waals surface area contributed by atoms with Crippen molar-refractivity contribution in [1.29, 1.82) is 0 Å². The summed E-state index contributed by atoms with van der Waals surface area (Å²) in [5.74, 6) is -2.56. The zero-order valence-corrected chi connectivity index (χ0v) is 21.6. The minimum atomic E-state index is -4.15. The van der Waals surface area contributed by atoms with Crippen molar-refractivity contribution in [3.63, 3.8) is 0 Å². The Hall–Kier alpha value is -3.28. The van der Waals surface area contributed by atoms with Crippen LogP contribution in [-0.4, -0.2) is 41.7 Å². The van der Waals surface area contributed by atoms with Gasteiger partial charge in [0.2, 0.25) is 15.9 Å². The van der Waals surface area contributed by atoms with Gasteiger partial charge < -0.3 is 0 Å². The number of aryl methyl sites for hydroxylation is 1. The summed E-state index contributed by atoms with van der Waals surface area (Å²) in [5, 5.41) is 0.567. The third kappa shape index (κ3) is 5.25. The number of amides is 1. The fourth-order valence-corrected chi connectivity index (χ4v) is 7.02. The predicted molar refractivity (Wildman–Crippen MR) is 138 cm³/mol. The van der Waals surface area contributed by atoms with Crippen LogP contribution in [0.2, 0.25) is 0 Å². The number of hydrogen-bond acceptors (Lipinski definition) is 6. The Labute approximate surface area is 217 Å². The number of piperidine rings is 1. The van der Waals surface area contributed by atoms with E-state index in [1.165, 1.54) is 11.3 Å². The topological polar surface area (TPSA) is 83.5 Å². The lowest BCUT2D eigenvalue weighted by molar-refractivity contribution is -0.123. The number of hydrogen-bond donors (Lipinski definition) is 0. The fraction of sp³-hybridized carbons (Fsp3) is 0.269. The van der Waals surface area contributed by atoms with Crippen molar-refractivity contribution >= 4 is 42.6 Å². The van der Waals surface area contributed by atoms with Crippen LogP contribution in [0, 0.1) is 24.5 Å². The van der Waals surface area contributed by atoms with Crippen molar-refractivity contribution in [2.24, 2.45) is 5.92 Å². The van der Waals surface area contributed by atoms with E-state index >= 15 is 0 Å². The van der Waals surface area contributed by atoms with E-state index < -0.39 is 32.5 Å². The van der Waals surface area contributed by atoms with E-state index in [1.54, 1.807) is 23.4 Å². The summed E-state index contributed by atoms with van der Waals surface area (Å²) >= 11 is 1.43. The minimum Gasteiger partial charge on any atom is -0.283 e. The normalized spacial score (nSPS) is 15.2. The Morgan fingerprint density at radius 1 is 1.14 bits per heavy atom. The van der Waals surface area contributed by atoms with Crippen molar-refractivity contribution in [3.05, 3.63) is 83.7 Å². The van der Waals surface area contributed by atoms with E-state index in [2.05, 4.69) is 4.98 Å². The Kier molecular flexibility index (Phi) is 7.02. The van der Waals surface area contributed by atoms with Crippen LogP contribution in [0.25, 0.3) is 10.2 Å². The summed E-state index contributed by atoms with van der Waals surface area (Å²) in [4.78, 5) is 23.7. The van der Waals surface area contributed by atoms with Crippen LogP contribution in [0.5, 0.6) is 0 Å². The first kappa shape index (κ1) is 25.4. The number of fused-ring (bicyclic) bond motifs is 1. The molecule has 0 aliphatic carbocycles. The SMILES string of the molecule is Cc1ccc2nc(N(Cc3cccnc3)C(=O)C3CCN(S(=O)(=O)c4ccc(F)cc4F)CC3)sc2c1. The second kappa shape index (κ2) is 10.2. The molecule has 1 aliphatic heterocycles. The summed E-state index contributed by atoms with van der Waals surface area (Å²) < 4.78 is 55.6. The lowest BCUT2D eigenvalue weighted by atomic mass is 9.96. The van der Waals surface area contributed by atoms with Crippen LogP contribution >= 0.6 is 11.3 Å². The first-order chi connectivity index (χ1) is 17.7. The molecule has 0 spiro atoms. The first-order valence-corrected chi connectivity index (χ1v) is 14.0. The van der Waals surface area contributed by atoms with Gasteiger partial charge in [0, 0.05) is 37.5 Å². The average molecular weight is 543 g/mol. The van der Waals surface area contributed by atoms with Crippen molar-refractivity contribution in [3.8, 4) is 0 Å². The second-order valence-electron chi connectivity index (χ2n) is 9.01. The van der Waals surface area contributed by atoms with Gasteiger partial charge in [0.25, 0.3) is 0 Å². The number of benzene rings is 2. The van der Waals surface area contributed by atoms with Crippen LogP contribution < -0.4 is 4.90 Å². The molecule has 0 N–H and O–H groups in total. The van der Waals surface area contributed by atoms with Gasteiger partial charge in [-0.05, 0) is 61.2 Å². The molecule has 0 atom stereocenters. The molecule has 2 aromatic heterocycles. The average Bonchev–Trinajstić information content (AvgIpc) is 3.30. The van der Waals surface area contributed by atoms with Gasteiger partial charge in [0.1, 0.15) is 16.5 Å². The van der Waals surface area contributed by atoms with Crippen LogP contribution in [0.15, 0.2) is 65.8 Å². The molecule has 1 fully saturated rings. The molecular weight excluding hydrogens is 518 g/mol. The number of nitrogens with zero attached hydrogens (tertiary/aromatic N) is 4. The number of sulfonamides is 1. The molecule has 0 bridgehead atoms. The van der Waals surface area contributed by atoms with Crippen LogP contribution in [0.1, 0.15) is 24.0 Å². The Morgan fingerprint density at radius 2 is 1.92 bits per heavy atom. The quantitative estimate of drug-likeness (QED) is 0.346. The van der Waals surface area contributed by atoms with E-state index in [0.717, 1.165) is 37.8 Å². The first-order valence-electron chi connectivity index (χ1n) is 11.7. The minimum absolute atomic E-state index is 0.0509. The fourth-order valence-electron chi connectivity index (χ4n) is 4.44. The standard InChI is InChI=1S/C26H24F2N4O3S2/c1-17-4-6-22-23(13-17)36-26(30-22)32(16-18-3-2-10-29-15-18)25(33)19-8-11-31(12-9-19)37(34,35)24-7-5-20(27)14-21(24)28/h2-7,10,13-15,19H,8-9,11-12,16H2,1H3. The highest BCUT2D eigenvalue weighted by molar-refractivity contribution is 7.89. The molecule has 1 aliphatic rings. The number of aromatic nitrogens is 2. The zero-order chi connectivity index (χ0) is 26.2. The lowest BCUT2D eigenvalue weighted by Gasteiger charge is -2.33. The van der Waals surface area contributed by atoms with Gasteiger partial charge in [0.15, 0.2) is 5.13 Å². The number of halogens is 2. The van der Waals surface area contributed by atoms with E-state index in [1.807, 2.05) is 31.2 Å². The van der Waals surface area contributed by atoms with Gasteiger partial charge in [-0.2, -0.15) is 4.31 Å². The molecule has 1 saturated heterocycles. The van der Waals surface area contributed by atoms with Crippen molar-refractivity contribution in [2.75, 3.05) is 18.0 Å². The van der Waals surface area contributed by atoms with Gasteiger partial charge >= 0.3 is 0 Å². The van der Waals surface area contributed by atoms with Gasteiger partial charge in [-0.25, -0.2) is 22.2 Å². The third-order valence-electron chi connectivity index (χ3n) is 6.41. The molecule has 4 aromatic rings. The summed E-state index contributed by atoms with van der Waals surface area (Å²) in [7, 11) is -4.15. The highest BCUT2D eigenvalue weighted by atomic mass is 32.2. The maximum Gasteiger partial charge on any atom is 0.245 e. The summed E-state index contributed by atoms with van der Waals surface area (Å²) in [5.41, 5.74) is 2.74. The second-order valence-corrected chi connectivity index (χ2v) is 11.9. The number of anilines is 1. The van der Waals surface area contributed by atoms with Crippen LogP contribution in [0.3, 0.4) is 0 Å². The van der Waals surface area contributed by atoms with Gasteiger partial charge in [-0.1, -0.05) is 23.5 Å². The van der Waals surface area contributed by atoms with Gasteiger partial charge in [-0.3, -0.25) is 14.7 Å². The molecular formula is C26H24F2N4O3S2. The Balaban J connectivity index is 1.37. The molecule has 11 heteroatoms. The highest BCUT2D eigenvalue weighted by Crippen LogP contribution is 2.33. The molecule has 7 nitrogen and oxygen atoms in total. The van der Waals surface area contributed by atoms with Crippen LogP contribution in [0.4, 0.5) is 13.9 Å². The van der Waals surface area contributed by atoms with Gasteiger partial charge in [0.05, 0.1) is 16.8 Å². The van der Waals surface area contributed by atoms with E-state index in [-0.39, 0.29) is 38.4 Å². The molecule has 2 aromatic carbocycles. The maximum absolute atomic E-state index is 14.2. The number of carbonyl (C=O) groups excluding carboxylic acids is 1. The molecule has 0 saturated carbocycles. The van der Waals surface area contributed by atoms with Crippen LogP contribution in [-0.2, 0) is 21.4 Å². The number of rotatable bonds is 6. The predicted octanol–water partition coefficient (Wildman–Crippen LogP) is 4.91. The number of thiazole rings is 1. The van der Waals surface area contributed by atoms with Crippen molar-refractivity contribution < 1.29 is 22.0 Å². The van der Waals surface area contributed by atoms with E-state index in [4.69, 9.17) is 4.98 Å². The third-order valence-corrected chi connectivity index (χ3v) is 9.38. The monoisotopic (exact) mass is 542 g/mol. The highest BCUT2D eigenvalue weighted by Gasteiger charge is 2.36. The summed E-state index contributed by atoms with van der Waals surface area (Å²) in [6.45, 7) is 2.38. The number of carbonyl (C=O) groups is 1. The molecule has 1 amide bonds. The largest absolute Gasteiger partial charge is 0.283 e.